The monoisotopic (exact) mass is 274 g/mol. The zero-order valence-corrected chi connectivity index (χ0v) is 11.7. The van der Waals surface area contributed by atoms with Gasteiger partial charge in [-0.1, -0.05) is 12.1 Å². The minimum absolute atomic E-state index is 0.133. The van der Waals surface area contributed by atoms with Gasteiger partial charge in [-0.3, -0.25) is 4.99 Å². The van der Waals surface area contributed by atoms with Crippen molar-refractivity contribution in [3.63, 3.8) is 0 Å². The van der Waals surface area contributed by atoms with Crippen molar-refractivity contribution in [1.82, 2.24) is 5.32 Å². The zero-order chi connectivity index (χ0) is 13.8. The third-order valence-corrected chi connectivity index (χ3v) is 4.07. The lowest BCUT2D eigenvalue weighted by Crippen LogP contribution is -2.29. The smallest absolute Gasteiger partial charge is 0.184 e. The third-order valence-electron chi connectivity index (χ3n) is 4.07. The number of aliphatic imine (C=N–C) groups is 1. The highest BCUT2D eigenvalue weighted by molar-refractivity contribution is 5.78. The first-order valence-corrected chi connectivity index (χ1v) is 7.48. The summed E-state index contributed by atoms with van der Waals surface area (Å²) in [4.78, 5) is 4.54. The highest BCUT2D eigenvalue weighted by Gasteiger charge is 2.23. The van der Waals surface area contributed by atoms with E-state index >= 15 is 0 Å². The van der Waals surface area contributed by atoms with E-state index in [1.807, 2.05) is 12.1 Å². The summed E-state index contributed by atoms with van der Waals surface area (Å²) in [6.07, 6.45) is 4.37. The van der Waals surface area contributed by atoms with E-state index in [1.165, 1.54) is 12.8 Å². The van der Waals surface area contributed by atoms with Gasteiger partial charge in [0.25, 0.3) is 0 Å². The van der Waals surface area contributed by atoms with E-state index < -0.39 is 0 Å². The van der Waals surface area contributed by atoms with Gasteiger partial charge in [0.1, 0.15) is 11.9 Å². The normalized spacial score (nSPS) is 23.4. The largest absolute Gasteiger partial charge is 0.508 e. The quantitative estimate of drug-likeness (QED) is 0.884. The van der Waals surface area contributed by atoms with E-state index in [2.05, 4.69) is 10.3 Å². The standard InChI is InChI=1S/C16H22N2O2/c19-14-3-1-2-13(8-14)9-15-11-18-16(20-15)10-12-4-6-17-7-5-12/h1-3,8,12,15,17,19H,4-7,9-11H2. The predicted octanol–water partition coefficient (Wildman–Crippen LogP) is 2.12. The molecule has 2 aliphatic rings. The fourth-order valence-electron chi connectivity index (χ4n) is 2.97. The first kappa shape index (κ1) is 13.4. The van der Waals surface area contributed by atoms with Crippen molar-refractivity contribution in [2.24, 2.45) is 10.9 Å². The number of piperidine rings is 1. The van der Waals surface area contributed by atoms with Crippen molar-refractivity contribution in [3.05, 3.63) is 29.8 Å². The van der Waals surface area contributed by atoms with Gasteiger partial charge in [-0.2, -0.15) is 0 Å². The number of hydrogen-bond acceptors (Lipinski definition) is 4. The average Bonchev–Trinajstić information content (AvgIpc) is 2.87. The first-order valence-electron chi connectivity index (χ1n) is 7.48. The van der Waals surface area contributed by atoms with Gasteiger partial charge >= 0.3 is 0 Å². The van der Waals surface area contributed by atoms with Crippen LogP contribution in [0.15, 0.2) is 29.3 Å². The summed E-state index contributed by atoms with van der Waals surface area (Å²) >= 11 is 0. The van der Waals surface area contributed by atoms with Crippen LogP contribution in [0.25, 0.3) is 0 Å². The number of phenols is 1. The molecule has 0 spiro atoms. The van der Waals surface area contributed by atoms with Crippen LogP contribution in [0.1, 0.15) is 24.8 Å². The molecule has 2 N–H and O–H groups in total. The molecule has 4 nitrogen and oxygen atoms in total. The molecule has 1 unspecified atom stereocenters. The fourth-order valence-corrected chi connectivity index (χ4v) is 2.97. The second kappa shape index (κ2) is 6.27. The summed E-state index contributed by atoms with van der Waals surface area (Å²) in [5.74, 6) is 1.97. The molecule has 108 valence electrons. The van der Waals surface area contributed by atoms with Crippen LogP contribution in [0.3, 0.4) is 0 Å². The minimum atomic E-state index is 0.133. The highest BCUT2D eigenvalue weighted by atomic mass is 16.5. The number of nitrogens with one attached hydrogen (secondary N) is 1. The zero-order valence-electron chi connectivity index (χ0n) is 11.7. The van der Waals surface area contributed by atoms with Crippen LogP contribution in [-0.4, -0.2) is 36.7 Å². The number of phenolic OH excluding ortho intramolecular Hbond substituents is 1. The summed E-state index contributed by atoms with van der Waals surface area (Å²) in [6, 6.07) is 7.39. The molecule has 0 aliphatic carbocycles. The van der Waals surface area contributed by atoms with E-state index in [-0.39, 0.29) is 6.10 Å². The Kier molecular flexibility index (Phi) is 4.21. The lowest BCUT2D eigenvalue weighted by molar-refractivity contribution is 0.212. The fraction of sp³-hybridized carbons (Fsp3) is 0.562. The van der Waals surface area contributed by atoms with Crippen molar-refractivity contribution in [2.45, 2.75) is 31.8 Å². The van der Waals surface area contributed by atoms with E-state index in [4.69, 9.17) is 4.74 Å². The third kappa shape index (κ3) is 3.51. The van der Waals surface area contributed by atoms with Crippen LogP contribution in [0.4, 0.5) is 0 Å². The van der Waals surface area contributed by atoms with Crippen molar-refractivity contribution < 1.29 is 9.84 Å². The molecule has 3 rings (SSSR count). The maximum Gasteiger partial charge on any atom is 0.184 e. The van der Waals surface area contributed by atoms with Gasteiger partial charge in [0.15, 0.2) is 5.90 Å². The van der Waals surface area contributed by atoms with E-state index in [0.717, 1.165) is 49.9 Å². The lowest BCUT2D eigenvalue weighted by atomic mass is 9.95. The van der Waals surface area contributed by atoms with Gasteiger partial charge in [-0.25, -0.2) is 0 Å². The molecular weight excluding hydrogens is 252 g/mol. The Hall–Kier alpha value is -1.55. The van der Waals surface area contributed by atoms with Crippen molar-refractivity contribution in [3.8, 4) is 5.75 Å². The van der Waals surface area contributed by atoms with Gasteiger partial charge in [-0.05, 0) is 49.5 Å². The summed E-state index contributed by atoms with van der Waals surface area (Å²) in [6.45, 7) is 2.98. The minimum Gasteiger partial charge on any atom is -0.508 e. The molecule has 1 fully saturated rings. The molecule has 1 atom stereocenters. The van der Waals surface area contributed by atoms with Gasteiger partial charge < -0.3 is 15.2 Å². The van der Waals surface area contributed by atoms with E-state index in [9.17, 15) is 5.11 Å². The number of rotatable bonds is 4. The van der Waals surface area contributed by atoms with Crippen LogP contribution in [-0.2, 0) is 11.2 Å². The molecule has 20 heavy (non-hydrogen) atoms. The van der Waals surface area contributed by atoms with Crippen molar-refractivity contribution >= 4 is 5.90 Å². The number of benzene rings is 1. The lowest BCUT2D eigenvalue weighted by Gasteiger charge is -2.22. The van der Waals surface area contributed by atoms with E-state index in [1.54, 1.807) is 12.1 Å². The number of aromatic hydroxyl groups is 1. The Morgan fingerprint density at radius 1 is 1.25 bits per heavy atom. The molecular formula is C16H22N2O2. The summed E-state index contributed by atoms with van der Waals surface area (Å²) in [7, 11) is 0. The second-order valence-corrected chi connectivity index (χ2v) is 5.75. The molecule has 0 saturated carbocycles. The highest BCUT2D eigenvalue weighted by Crippen LogP contribution is 2.22. The maximum absolute atomic E-state index is 9.48. The van der Waals surface area contributed by atoms with Crippen molar-refractivity contribution in [2.75, 3.05) is 19.6 Å². The number of ether oxygens (including phenoxy) is 1. The predicted molar refractivity (Wildman–Crippen MR) is 79.2 cm³/mol. The van der Waals surface area contributed by atoms with Gasteiger partial charge in [-0.15, -0.1) is 0 Å². The van der Waals surface area contributed by atoms with Crippen LogP contribution < -0.4 is 5.32 Å². The Bertz CT molecular complexity index is 481. The van der Waals surface area contributed by atoms with Crippen LogP contribution in [0, 0.1) is 5.92 Å². The SMILES string of the molecule is Oc1cccc(CC2CN=C(CC3CCNCC3)O2)c1. The molecule has 1 aromatic rings. The molecule has 0 aromatic heterocycles. The molecule has 2 heterocycles. The average molecular weight is 274 g/mol. The summed E-state index contributed by atoms with van der Waals surface area (Å²) in [5.41, 5.74) is 1.10. The molecule has 4 heteroatoms. The Morgan fingerprint density at radius 3 is 2.90 bits per heavy atom. The van der Waals surface area contributed by atoms with E-state index in [0.29, 0.717) is 5.75 Å². The Morgan fingerprint density at radius 2 is 2.10 bits per heavy atom. The van der Waals surface area contributed by atoms with Crippen LogP contribution in [0.5, 0.6) is 5.75 Å². The Labute approximate surface area is 119 Å². The number of hydrogen-bond donors (Lipinski definition) is 2. The Balaban J connectivity index is 1.48. The first-order chi connectivity index (χ1) is 9.79. The van der Waals surface area contributed by atoms with Crippen LogP contribution in [0.2, 0.25) is 0 Å². The molecule has 1 aromatic carbocycles. The van der Waals surface area contributed by atoms with Gasteiger partial charge in [0.2, 0.25) is 0 Å². The van der Waals surface area contributed by atoms with Crippen LogP contribution >= 0.6 is 0 Å². The molecule has 0 radical (unpaired) electrons. The van der Waals surface area contributed by atoms with Gasteiger partial charge in [0, 0.05) is 12.8 Å². The summed E-state index contributed by atoms with van der Waals surface area (Å²) in [5, 5.41) is 12.9. The molecule has 2 aliphatic heterocycles. The topological polar surface area (TPSA) is 53.9 Å². The molecule has 0 bridgehead atoms. The van der Waals surface area contributed by atoms with Crippen molar-refractivity contribution in [1.29, 1.82) is 0 Å². The second-order valence-electron chi connectivity index (χ2n) is 5.75. The molecule has 1 saturated heterocycles. The number of nitrogens with zero attached hydrogens (tertiary/aromatic N) is 1. The summed E-state index contributed by atoms with van der Waals surface area (Å²) < 4.78 is 5.96. The molecule has 0 amide bonds. The maximum atomic E-state index is 9.48. The van der Waals surface area contributed by atoms with Gasteiger partial charge in [0.05, 0.1) is 6.54 Å².